The minimum Gasteiger partial charge on any atom is -0.490 e. The van der Waals surface area contributed by atoms with E-state index in [9.17, 15) is 14.3 Å². The van der Waals surface area contributed by atoms with Crippen LogP contribution in [-0.2, 0) is 16.0 Å². The number of hydrogen-bond acceptors (Lipinski definition) is 7. The molecule has 1 aliphatic rings. The van der Waals surface area contributed by atoms with Crippen molar-refractivity contribution in [3.63, 3.8) is 0 Å². The van der Waals surface area contributed by atoms with Gasteiger partial charge in [0.05, 0.1) is 22.8 Å². The van der Waals surface area contributed by atoms with Gasteiger partial charge in [-0.25, -0.2) is 28.1 Å². The number of carbonyl (C=O) groups is 1. The summed E-state index contributed by atoms with van der Waals surface area (Å²) in [6.45, 7) is 9.36. The summed E-state index contributed by atoms with van der Waals surface area (Å²) >= 11 is 1.38. The fourth-order valence-corrected chi connectivity index (χ4v) is 6.32. The Hall–Kier alpha value is -4.22. The lowest BCUT2D eigenvalue weighted by molar-refractivity contribution is -0.160. The zero-order chi connectivity index (χ0) is 30.6. The fourth-order valence-electron chi connectivity index (χ4n) is 5.44. The van der Waals surface area contributed by atoms with Crippen molar-refractivity contribution in [3.8, 4) is 38.1 Å². The van der Waals surface area contributed by atoms with Gasteiger partial charge in [0.2, 0.25) is 0 Å². The minimum absolute atomic E-state index is 0.231. The van der Waals surface area contributed by atoms with Gasteiger partial charge < -0.3 is 14.6 Å². The number of carboxylic acids is 1. The number of fused-ring (bicyclic) bond motifs is 2. The molecule has 2 aromatic carbocycles. The van der Waals surface area contributed by atoms with Crippen LogP contribution in [0.4, 0.5) is 8.78 Å². The van der Waals surface area contributed by atoms with Gasteiger partial charge in [0.25, 0.3) is 0 Å². The lowest BCUT2D eigenvalue weighted by Crippen LogP contribution is -2.29. The first-order chi connectivity index (χ1) is 20.4. The normalized spacial score (nSPS) is 14.0. The number of hydrogen-bond donors (Lipinski definition) is 1. The van der Waals surface area contributed by atoms with E-state index in [0.717, 1.165) is 28.0 Å². The second-order valence-electron chi connectivity index (χ2n) is 11.5. The van der Waals surface area contributed by atoms with Crippen molar-refractivity contribution in [2.45, 2.75) is 59.2 Å². The Morgan fingerprint density at radius 1 is 1.16 bits per heavy atom. The largest absolute Gasteiger partial charge is 0.490 e. The molecule has 43 heavy (non-hydrogen) atoms. The van der Waals surface area contributed by atoms with E-state index in [2.05, 4.69) is 4.98 Å². The van der Waals surface area contributed by atoms with Crippen LogP contribution < -0.4 is 4.74 Å². The molecule has 0 saturated heterocycles. The molecule has 0 amide bonds. The van der Waals surface area contributed by atoms with Crippen LogP contribution in [0.3, 0.4) is 0 Å². The second-order valence-corrected chi connectivity index (χ2v) is 12.6. The van der Waals surface area contributed by atoms with Gasteiger partial charge in [-0.15, -0.1) is 11.3 Å². The van der Waals surface area contributed by atoms with Crippen LogP contribution in [0.5, 0.6) is 5.75 Å². The molecule has 0 saturated carbocycles. The molecule has 8 nitrogen and oxygen atoms in total. The quantitative estimate of drug-likeness (QED) is 0.216. The van der Waals surface area contributed by atoms with Crippen LogP contribution in [0, 0.1) is 25.5 Å². The molecule has 3 aromatic heterocycles. The number of benzene rings is 2. The summed E-state index contributed by atoms with van der Waals surface area (Å²) in [5.41, 5.74) is 4.05. The first-order valence-corrected chi connectivity index (χ1v) is 14.7. The highest BCUT2D eigenvalue weighted by atomic mass is 32.1. The number of carboxylic acid groups (broad SMARTS) is 1. The van der Waals surface area contributed by atoms with E-state index in [1.165, 1.54) is 29.5 Å². The topological polar surface area (TPSA) is 98.8 Å². The lowest BCUT2D eigenvalue weighted by atomic mass is 9.91. The van der Waals surface area contributed by atoms with Crippen LogP contribution in [0.1, 0.15) is 55.7 Å². The van der Waals surface area contributed by atoms with Gasteiger partial charge in [0.1, 0.15) is 16.5 Å². The van der Waals surface area contributed by atoms with Gasteiger partial charge in [-0.1, -0.05) is 12.1 Å². The Balaban J connectivity index is 1.60. The molecular formula is C32H30F2N4O4S. The Bertz CT molecular complexity index is 1880. The highest BCUT2D eigenvalue weighted by Crippen LogP contribution is 2.42. The van der Waals surface area contributed by atoms with Gasteiger partial charge in [-0.05, 0) is 76.8 Å². The minimum atomic E-state index is -1.40. The van der Waals surface area contributed by atoms with Crippen molar-refractivity contribution in [2.24, 2.45) is 0 Å². The Morgan fingerprint density at radius 3 is 2.60 bits per heavy atom. The third kappa shape index (κ3) is 5.38. The van der Waals surface area contributed by atoms with Crippen LogP contribution in [-0.4, -0.2) is 42.9 Å². The predicted octanol–water partition coefficient (Wildman–Crippen LogP) is 7.35. The third-order valence-corrected chi connectivity index (χ3v) is 8.40. The van der Waals surface area contributed by atoms with Crippen LogP contribution in [0.2, 0.25) is 0 Å². The Morgan fingerprint density at radius 2 is 1.91 bits per heavy atom. The smallest absolute Gasteiger partial charge is 0.337 e. The van der Waals surface area contributed by atoms with Crippen molar-refractivity contribution in [1.82, 2.24) is 19.6 Å². The summed E-state index contributed by atoms with van der Waals surface area (Å²) in [5.74, 6) is -1.82. The molecule has 0 bridgehead atoms. The third-order valence-electron chi connectivity index (χ3n) is 7.33. The molecule has 5 aromatic rings. The van der Waals surface area contributed by atoms with Gasteiger partial charge in [0.15, 0.2) is 23.3 Å². The molecule has 222 valence electrons. The first-order valence-electron chi connectivity index (χ1n) is 13.9. The highest BCUT2D eigenvalue weighted by Gasteiger charge is 2.34. The summed E-state index contributed by atoms with van der Waals surface area (Å²) in [6.07, 6.45) is 1.67. The van der Waals surface area contributed by atoms with Crippen molar-refractivity contribution in [2.75, 3.05) is 6.61 Å². The van der Waals surface area contributed by atoms with E-state index in [1.54, 1.807) is 56.6 Å². The van der Waals surface area contributed by atoms with Crippen LogP contribution in [0.25, 0.3) is 38.0 Å². The summed E-state index contributed by atoms with van der Waals surface area (Å²) in [6, 6.07) is 9.30. The van der Waals surface area contributed by atoms with E-state index in [-0.39, 0.29) is 17.1 Å². The van der Waals surface area contributed by atoms with Gasteiger partial charge >= 0.3 is 5.97 Å². The average Bonchev–Trinajstić information content (AvgIpc) is 3.61. The van der Waals surface area contributed by atoms with E-state index < -0.39 is 23.5 Å². The number of halogens is 2. The molecule has 6 rings (SSSR count). The van der Waals surface area contributed by atoms with Gasteiger partial charge in [0, 0.05) is 34.6 Å². The number of aromatic nitrogens is 4. The monoisotopic (exact) mass is 604 g/mol. The highest BCUT2D eigenvalue weighted by molar-refractivity contribution is 7.18. The maximum atomic E-state index is 15.6. The zero-order valence-corrected chi connectivity index (χ0v) is 25.2. The van der Waals surface area contributed by atoms with E-state index in [1.807, 2.05) is 6.92 Å². The number of thiazole rings is 1. The molecule has 0 spiro atoms. The fraction of sp³-hybridized carbons (Fsp3) is 0.312. The molecule has 1 aliphatic heterocycles. The zero-order valence-electron chi connectivity index (χ0n) is 24.4. The van der Waals surface area contributed by atoms with Crippen molar-refractivity contribution in [3.05, 3.63) is 76.6 Å². The maximum absolute atomic E-state index is 15.6. The van der Waals surface area contributed by atoms with Crippen LogP contribution in [0.15, 0.2) is 42.6 Å². The Labute approximate surface area is 251 Å². The average molecular weight is 605 g/mol. The molecule has 0 radical (unpaired) electrons. The van der Waals surface area contributed by atoms with Crippen molar-refractivity contribution >= 4 is 23.0 Å². The van der Waals surface area contributed by atoms with Crippen LogP contribution >= 0.6 is 11.3 Å². The molecular weight excluding hydrogens is 574 g/mol. The molecule has 0 fully saturated rings. The van der Waals surface area contributed by atoms with Gasteiger partial charge in [-0.3, -0.25) is 0 Å². The standard InChI is InChI=1S/C32H30F2N4O4S/c1-16-20-7-6-12-41-28(20)22(34)13-21(16)27-26(29(31(39)40)42-32(3,4)5)17(2)36-25-14-23(37-38(25)27)30-35-15-24(43-30)18-8-10-19(33)11-9-18/h8-11,13-15,29H,6-7,12H2,1-5H3,(H,39,40)/t29-/m0/s1. The molecule has 0 aliphatic carbocycles. The summed E-state index contributed by atoms with van der Waals surface area (Å²) < 4.78 is 42.3. The lowest BCUT2D eigenvalue weighted by Gasteiger charge is -2.28. The van der Waals surface area contributed by atoms with Crippen molar-refractivity contribution in [1.29, 1.82) is 0 Å². The first kappa shape index (κ1) is 28.9. The SMILES string of the molecule is Cc1nc2cc(-c3ncc(-c4ccc(F)cc4)s3)nn2c(-c2cc(F)c3c(c2C)CCCO3)c1[C@H](OC(C)(C)C)C(=O)O. The van der Waals surface area contributed by atoms with Crippen molar-refractivity contribution < 1.29 is 28.2 Å². The predicted molar refractivity (Wildman–Crippen MR) is 159 cm³/mol. The van der Waals surface area contributed by atoms with E-state index in [4.69, 9.17) is 19.6 Å². The molecule has 11 heteroatoms. The maximum Gasteiger partial charge on any atom is 0.337 e. The second kappa shape index (κ2) is 10.8. The summed E-state index contributed by atoms with van der Waals surface area (Å²) in [4.78, 5) is 22.8. The van der Waals surface area contributed by atoms with E-state index in [0.29, 0.717) is 46.3 Å². The Kier molecular flexibility index (Phi) is 7.26. The molecule has 4 heterocycles. The van der Waals surface area contributed by atoms with E-state index >= 15 is 4.39 Å². The van der Waals surface area contributed by atoms with Gasteiger partial charge in [-0.2, -0.15) is 5.10 Å². The number of ether oxygens (including phenoxy) is 2. The number of aliphatic carboxylic acids is 1. The number of rotatable bonds is 6. The number of aryl methyl sites for hydroxylation is 1. The summed E-state index contributed by atoms with van der Waals surface area (Å²) in [7, 11) is 0. The molecule has 1 atom stereocenters. The molecule has 1 N–H and O–H groups in total. The number of nitrogens with zero attached hydrogens (tertiary/aromatic N) is 4. The molecule has 0 unspecified atom stereocenters. The summed E-state index contributed by atoms with van der Waals surface area (Å²) in [5, 5.41) is 15.8.